The van der Waals surface area contributed by atoms with Gasteiger partial charge in [-0.1, -0.05) is 33.6 Å². The predicted molar refractivity (Wildman–Crippen MR) is 121 cm³/mol. The summed E-state index contributed by atoms with van der Waals surface area (Å²) in [5.74, 6) is 1.45. The lowest BCUT2D eigenvalue weighted by atomic mass is 10.2. The number of nitrogens with zero attached hydrogens (tertiary/aromatic N) is 2. The van der Waals surface area contributed by atoms with Gasteiger partial charge in [0.2, 0.25) is 4.77 Å². The average molecular weight is 492 g/mol. The lowest BCUT2D eigenvalue weighted by Crippen LogP contribution is -2.20. The molecule has 0 aliphatic heterocycles. The number of benzene rings is 2. The second-order valence-corrected chi connectivity index (χ2v) is 7.78. The standard InChI is InChI=1S/C20H22BrN5O3S/c1-12-4-6-15(7-5-12)23-19(27)11-29-18-9-16(21)14(8-17(18)28-3)10-22-26-13(2)24-25-20(26)30/h4-9,22H,10-11H2,1-3H3,(H,23,27)(H,25,30). The Bertz CT molecular complexity index is 1090. The monoisotopic (exact) mass is 491 g/mol. The predicted octanol–water partition coefficient (Wildman–Crippen LogP) is 4.09. The maximum Gasteiger partial charge on any atom is 0.262 e. The minimum absolute atomic E-state index is 0.141. The number of methoxy groups -OCH3 is 1. The SMILES string of the molecule is COc1cc(CNn2c(C)n[nH]c2=S)c(Br)cc1OCC(=O)Nc1ccc(C)cc1. The second kappa shape index (κ2) is 9.77. The molecule has 1 amide bonds. The van der Waals surface area contributed by atoms with E-state index >= 15 is 0 Å². The molecule has 0 atom stereocenters. The van der Waals surface area contributed by atoms with Crippen LogP contribution in [0.5, 0.6) is 11.5 Å². The lowest BCUT2D eigenvalue weighted by molar-refractivity contribution is -0.118. The van der Waals surface area contributed by atoms with Crippen molar-refractivity contribution in [2.24, 2.45) is 0 Å². The van der Waals surface area contributed by atoms with Crippen LogP contribution < -0.4 is 20.2 Å². The van der Waals surface area contributed by atoms with Gasteiger partial charge in [0.15, 0.2) is 18.1 Å². The molecule has 0 radical (unpaired) electrons. The molecular formula is C20H22BrN5O3S. The Morgan fingerprint density at radius 2 is 1.97 bits per heavy atom. The van der Waals surface area contributed by atoms with Gasteiger partial charge in [-0.3, -0.25) is 9.89 Å². The van der Waals surface area contributed by atoms with Gasteiger partial charge in [-0.25, -0.2) is 4.68 Å². The number of amides is 1. The highest BCUT2D eigenvalue weighted by Crippen LogP contribution is 2.33. The van der Waals surface area contributed by atoms with E-state index in [0.717, 1.165) is 27.1 Å². The maximum atomic E-state index is 12.2. The van der Waals surface area contributed by atoms with E-state index in [9.17, 15) is 4.79 Å². The molecule has 0 aliphatic carbocycles. The smallest absolute Gasteiger partial charge is 0.262 e. The Morgan fingerprint density at radius 3 is 2.60 bits per heavy atom. The van der Waals surface area contributed by atoms with Crippen LogP contribution in [0.3, 0.4) is 0 Å². The van der Waals surface area contributed by atoms with Crippen LogP contribution in [-0.4, -0.2) is 34.5 Å². The van der Waals surface area contributed by atoms with Crippen LogP contribution >= 0.6 is 28.1 Å². The van der Waals surface area contributed by atoms with Crippen LogP contribution in [0.2, 0.25) is 0 Å². The molecule has 0 bridgehead atoms. The first kappa shape index (κ1) is 21.8. The molecule has 0 saturated heterocycles. The van der Waals surface area contributed by atoms with E-state index in [-0.39, 0.29) is 12.5 Å². The molecule has 0 aliphatic rings. The van der Waals surface area contributed by atoms with Gasteiger partial charge in [0.1, 0.15) is 5.82 Å². The largest absolute Gasteiger partial charge is 0.493 e. The van der Waals surface area contributed by atoms with E-state index < -0.39 is 0 Å². The van der Waals surface area contributed by atoms with Crippen molar-refractivity contribution in [2.45, 2.75) is 20.4 Å². The lowest BCUT2D eigenvalue weighted by Gasteiger charge is -2.15. The number of hydrogen-bond acceptors (Lipinski definition) is 6. The number of ether oxygens (including phenoxy) is 2. The van der Waals surface area contributed by atoms with Crippen LogP contribution in [-0.2, 0) is 11.3 Å². The van der Waals surface area contributed by atoms with E-state index in [1.54, 1.807) is 17.9 Å². The number of carbonyl (C=O) groups is 1. The Balaban J connectivity index is 1.65. The molecule has 158 valence electrons. The van der Waals surface area contributed by atoms with Crippen molar-refractivity contribution in [1.82, 2.24) is 14.9 Å². The van der Waals surface area contributed by atoms with E-state index in [0.29, 0.717) is 22.8 Å². The zero-order chi connectivity index (χ0) is 21.7. The third kappa shape index (κ3) is 5.39. The molecular weight excluding hydrogens is 470 g/mol. The topological polar surface area (TPSA) is 93.2 Å². The van der Waals surface area contributed by atoms with Gasteiger partial charge < -0.3 is 20.2 Å². The molecule has 0 spiro atoms. The maximum absolute atomic E-state index is 12.2. The summed E-state index contributed by atoms with van der Waals surface area (Å²) in [4.78, 5) is 12.2. The number of aromatic amines is 1. The van der Waals surface area contributed by atoms with Gasteiger partial charge in [-0.2, -0.15) is 5.10 Å². The van der Waals surface area contributed by atoms with Crippen LogP contribution in [0.25, 0.3) is 0 Å². The van der Waals surface area contributed by atoms with Gasteiger partial charge in [-0.05, 0) is 55.9 Å². The zero-order valence-electron chi connectivity index (χ0n) is 16.8. The minimum Gasteiger partial charge on any atom is -0.493 e. The van der Waals surface area contributed by atoms with Gasteiger partial charge >= 0.3 is 0 Å². The molecule has 1 aromatic heterocycles. The second-order valence-electron chi connectivity index (χ2n) is 6.54. The van der Waals surface area contributed by atoms with Gasteiger partial charge in [0, 0.05) is 10.2 Å². The number of H-pyrrole nitrogens is 1. The molecule has 10 heteroatoms. The summed E-state index contributed by atoms with van der Waals surface area (Å²) in [5.41, 5.74) is 5.96. The van der Waals surface area contributed by atoms with Crippen molar-refractivity contribution >= 4 is 39.7 Å². The van der Waals surface area contributed by atoms with Crippen LogP contribution in [0.4, 0.5) is 5.69 Å². The fourth-order valence-corrected chi connectivity index (χ4v) is 3.39. The first-order valence-electron chi connectivity index (χ1n) is 9.11. The summed E-state index contributed by atoms with van der Waals surface area (Å²) < 4.78 is 14.1. The van der Waals surface area contributed by atoms with Crippen molar-refractivity contribution in [1.29, 1.82) is 0 Å². The van der Waals surface area contributed by atoms with Crippen LogP contribution in [0, 0.1) is 18.6 Å². The first-order chi connectivity index (χ1) is 14.4. The van der Waals surface area contributed by atoms with Crippen molar-refractivity contribution in [3.63, 3.8) is 0 Å². The van der Waals surface area contributed by atoms with E-state index in [2.05, 4.69) is 36.9 Å². The summed E-state index contributed by atoms with van der Waals surface area (Å²) in [5, 5.41) is 9.59. The van der Waals surface area contributed by atoms with Gasteiger partial charge in [0.25, 0.3) is 5.91 Å². The van der Waals surface area contributed by atoms with Crippen molar-refractivity contribution in [2.75, 3.05) is 24.5 Å². The van der Waals surface area contributed by atoms with Crippen molar-refractivity contribution < 1.29 is 14.3 Å². The number of hydrogen-bond donors (Lipinski definition) is 3. The molecule has 30 heavy (non-hydrogen) atoms. The number of halogens is 1. The average Bonchev–Trinajstić information content (AvgIpc) is 3.05. The quantitative estimate of drug-likeness (QED) is 0.411. The number of carbonyl (C=O) groups excluding carboxylic acids is 1. The molecule has 0 unspecified atom stereocenters. The summed E-state index contributed by atoms with van der Waals surface area (Å²) in [6.45, 7) is 4.16. The highest BCUT2D eigenvalue weighted by Gasteiger charge is 2.13. The summed E-state index contributed by atoms with van der Waals surface area (Å²) in [6.07, 6.45) is 0. The summed E-state index contributed by atoms with van der Waals surface area (Å²) >= 11 is 8.74. The third-order valence-electron chi connectivity index (χ3n) is 4.29. The Labute approximate surface area is 187 Å². The highest BCUT2D eigenvalue weighted by atomic mass is 79.9. The Morgan fingerprint density at radius 1 is 1.23 bits per heavy atom. The third-order valence-corrected chi connectivity index (χ3v) is 5.31. The molecule has 3 aromatic rings. The van der Waals surface area contributed by atoms with Crippen LogP contribution in [0.15, 0.2) is 40.9 Å². The number of rotatable bonds is 8. The number of aryl methyl sites for hydroxylation is 2. The van der Waals surface area contributed by atoms with Crippen LogP contribution in [0.1, 0.15) is 17.0 Å². The van der Waals surface area contributed by atoms with E-state index in [1.807, 2.05) is 44.2 Å². The normalized spacial score (nSPS) is 10.5. The fraction of sp³-hybridized carbons (Fsp3) is 0.250. The molecule has 1 heterocycles. The molecule has 3 rings (SSSR count). The van der Waals surface area contributed by atoms with Crippen molar-refractivity contribution in [3.05, 3.63) is 62.6 Å². The fourth-order valence-electron chi connectivity index (χ4n) is 2.69. The van der Waals surface area contributed by atoms with E-state index in [1.165, 1.54) is 0 Å². The minimum atomic E-state index is -0.257. The molecule has 8 nitrogen and oxygen atoms in total. The number of nitrogens with one attached hydrogen (secondary N) is 3. The molecule has 0 saturated carbocycles. The summed E-state index contributed by atoms with van der Waals surface area (Å²) in [7, 11) is 1.55. The molecule has 0 fully saturated rings. The summed E-state index contributed by atoms with van der Waals surface area (Å²) in [6, 6.07) is 11.2. The van der Waals surface area contributed by atoms with Gasteiger partial charge in [-0.15, -0.1) is 0 Å². The molecule has 3 N–H and O–H groups in total. The Hall–Kier alpha value is -2.85. The highest BCUT2D eigenvalue weighted by molar-refractivity contribution is 9.10. The Kier molecular flexibility index (Phi) is 7.11. The van der Waals surface area contributed by atoms with Crippen molar-refractivity contribution in [3.8, 4) is 11.5 Å². The number of aromatic nitrogens is 3. The van der Waals surface area contributed by atoms with E-state index in [4.69, 9.17) is 21.7 Å². The number of anilines is 1. The zero-order valence-corrected chi connectivity index (χ0v) is 19.2. The first-order valence-corrected chi connectivity index (χ1v) is 10.3. The van der Waals surface area contributed by atoms with Gasteiger partial charge in [0.05, 0.1) is 13.7 Å². The molecule has 2 aromatic carbocycles.